The molecule has 0 spiro atoms. The van der Waals surface area contributed by atoms with E-state index in [9.17, 15) is 5.11 Å². The van der Waals surface area contributed by atoms with Crippen molar-refractivity contribution in [1.82, 2.24) is 5.32 Å². The van der Waals surface area contributed by atoms with Gasteiger partial charge in [0.25, 0.3) is 0 Å². The molecular weight excluding hydrogens is 262 g/mol. The zero-order chi connectivity index (χ0) is 14.9. The standard InChI is InChI=1S/C18H23NO2/c1-15(20)10-11-19-13-17-8-5-9-18(12-17)21-14-16-6-3-2-4-7-16/h2-9,12,15,19-20H,10-11,13-14H2,1H3. The Bertz CT molecular complexity index is 526. The number of ether oxygens (including phenoxy) is 1. The van der Waals surface area contributed by atoms with Crippen molar-refractivity contribution in [3.05, 3.63) is 65.7 Å². The third-order valence-electron chi connectivity index (χ3n) is 3.21. The van der Waals surface area contributed by atoms with Crippen LogP contribution in [-0.4, -0.2) is 17.8 Å². The van der Waals surface area contributed by atoms with Crippen LogP contribution in [-0.2, 0) is 13.2 Å². The van der Waals surface area contributed by atoms with E-state index in [1.165, 1.54) is 5.56 Å². The topological polar surface area (TPSA) is 41.5 Å². The molecule has 2 aromatic carbocycles. The lowest BCUT2D eigenvalue weighted by atomic mass is 10.2. The van der Waals surface area contributed by atoms with E-state index in [0.29, 0.717) is 6.61 Å². The molecule has 2 rings (SSSR count). The Morgan fingerprint density at radius 3 is 2.57 bits per heavy atom. The molecule has 112 valence electrons. The minimum Gasteiger partial charge on any atom is -0.489 e. The molecule has 0 heterocycles. The summed E-state index contributed by atoms with van der Waals surface area (Å²) in [7, 11) is 0. The van der Waals surface area contributed by atoms with Gasteiger partial charge in [-0.15, -0.1) is 0 Å². The Morgan fingerprint density at radius 1 is 1.05 bits per heavy atom. The highest BCUT2D eigenvalue weighted by Crippen LogP contribution is 2.15. The van der Waals surface area contributed by atoms with Crippen LogP contribution >= 0.6 is 0 Å². The first kappa shape index (κ1) is 15.5. The number of hydrogen-bond donors (Lipinski definition) is 2. The van der Waals surface area contributed by atoms with Crippen molar-refractivity contribution in [3.8, 4) is 5.75 Å². The molecule has 0 saturated heterocycles. The van der Waals surface area contributed by atoms with Gasteiger partial charge in [0.2, 0.25) is 0 Å². The number of nitrogens with one attached hydrogen (secondary N) is 1. The third-order valence-corrected chi connectivity index (χ3v) is 3.21. The van der Waals surface area contributed by atoms with Crippen molar-refractivity contribution in [2.75, 3.05) is 6.54 Å². The van der Waals surface area contributed by atoms with Gasteiger partial charge < -0.3 is 15.2 Å². The summed E-state index contributed by atoms with van der Waals surface area (Å²) in [5, 5.41) is 12.5. The van der Waals surface area contributed by atoms with Crippen molar-refractivity contribution in [2.24, 2.45) is 0 Å². The molecule has 0 aliphatic rings. The molecule has 0 aliphatic heterocycles. The Kier molecular flexibility index (Phi) is 6.25. The van der Waals surface area contributed by atoms with Crippen molar-refractivity contribution >= 4 is 0 Å². The minimum absolute atomic E-state index is 0.252. The van der Waals surface area contributed by atoms with Gasteiger partial charge in [0.1, 0.15) is 12.4 Å². The first-order chi connectivity index (χ1) is 10.2. The van der Waals surface area contributed by atoms with Gasteiger partial charge in [-0.05, 0) is 43.1 Å². The number of hydrogen-bond acceptors (Lipinski definition) is 3. The van der Waals surface area contributed by atoms with Crippen molar-refractivity contribution in [3.63, 3.8) is 0 Å². The highest BCUT2D eigenvalue weighted by molar-refractivity contribution is 5.29. The third kappa shape index (κ3) is 5.98. The van der Waals surface area contributed by atoms with Gasteiger partial charge in [0, 0.05) is 6.54 Å². The molecule has 0 aromatic heterocycles. The van der Waals surface area contributed by atoms with Gasteiger partial charge in [0.05, 0.1) is 6.10 Å². The Morgan fingerprint density at radius 2 is 1.81 bits per heavy atom. The van der Waals surface area contributed by atoms with E-state index >= 15 is 0 Å². The zero-order valence-corrected chi connectivity index (χ0v) is 12.5. The molecule has 0 saturated carbocycles. The molecular formula is C18H23NO2. The molecule has 0 fully saturated rings. The number of aliphatic hydroxyl groups excluding tert-OH is 1. The summed E-state index contributed by atoms with van der Waals surface area (Å²) in [5.41, 5.74) is 2.35. The van der Waals surface area contributed by atoms with Crippen LogP contribution < -0.4 is 10.1 Å². The molecule has 0 aliphatic carbocycles. The number of benzene rings is 2. The van der Waals surface area contributed by atoms with Crippen LogP contribution in [0.5, 0.6) is 5.75 Å². The monoisotopic (exact) mass is 285 g/mol. The van der Waals surface area contributed by atoms with Crippen LogP contribution in [0.3, 0.4) is 0 Å². The molecule has 21 heavy (non-hydrogen) atoms. The summed E-state index contributed by atoms with van der Waals surface area (Å²) in [6.07, 6.45) is 0.516. The fourth-order valence-corrected chi connectivity index (χ4v) is 2.03. The van der Waals surface area contributed by atoms with Crippen molar-refractivity contribution in [2.45, 2.75) is 32.6 Å². The largest absolute Gasteiger partial charge is 0.489 e. The van der Waals surface area contributed by atoms with E-state index < -0.39 is 0 Å². The van der Waals surface area contributed by atoms with Crippen molar-refractivity contribution < 1.29 is 9.84 Å². The van der Waals surface area contributed by atoms with Crippen LogP contribution in [0.2, 0.25) is 0 Å². The smallest absolute Gasteiger partial charge is 0.120 e. The summed E-state index contributed by atoms with van der Waals surface area (Å²) >= 11 is 0. The molecule has 3 heteroatoms. The highest BCUT2D eigenvalue weighted by Gasteiger charge is 1.99. The van der Waals surface area contributed by atoms with Crippen LogP contribution in [0, 0.1) is 0 Å². The molecule has 2 N–H and O–H groups in total. The van der Waals surface area contributed by atoms with Gasteiger partial charge >= 0.3 is 0 Å². The molecule has 0 radical (unpaired) electrons. The Balaban J connectivity index is 1.80. The minimum atomic E-state index is -0.252. The Hall–Kier alpha value is -1.84. The van der Waals surface area contributed by atoms with E-state index in [1.54, 1.807) is 6.92 Å². The second kappa shape index (κ2) is 8.45. The average Bonchev–Trinajstić information content (AvgIpc) is 2.51. The quantitative estimate of drug-likeness (QED) is 0.732. The second-order valence-electron chi connectivity index (χ2n) is 5.24. The molecule has 0 amide bonds. The van der Waals surface area contributed by atoms with Gasteiger partial charge in [-0.25, -0.2) is 0 Å². The summed E-state index contributed by atoms with van der Waals surface area (Å²) in [5.74, 6) is 0.883. The first-order valence-electron chi connectivity index (χ1n) is 7.38. The molecule has 1 unspecified atom stereocenters. The maximum absolute atomic E-state index is 9.21. The first-order valence-corrected chi connectivity index (χ1v) is 7.38. The van der Waals surface area contributed by atoms with E-state index in [2.05, 4.69) is 29.6 Å². The summed E-state index contributed by atoms with van der Waals surface area (Å²) in [6.45, 7) is 3.99. The number of aliphatic hydroxyl groups is 1. The van der Waals surface area contributed by atoms with Crippen LogP contribution in [0.1, 0.15) is 24.5 Å². The lowest BCUT2D eigenvalue weighted by Gasteiger charge is -2.09. The number of rotatable bonds is 8. The lowest BCUT2D eigenvalue weighted by Crippen LogP contribution is -2.18. The average molecular weight is 285 g/mol. The SMILES string of the molecule is CC(O)CCNCc1cccc(OCc2ccccc2)c1. The van der Waals surface area contributed by atoms with Gasteiger partial charge in [-0.3, -0.25) is 0 Å². The van der Waals surface area contributed by atoms with Gasteiger partial charge in [-0.2, -0.15) is 0 Å². The van der Waals surface area contributed by atoms with Crippen LogP contribution in [0.15, 0.2) is 54.6 Å². The van der Waals surface area contributed by atoms with Gasteiger partial charge in [0.15, 0.2) is 0 Å². The molecule has 3 nitrogen and oxygen atoms in total. The van der Waals surface area contributed by atoms with E-state index in [4.69, 9.17) is 4.74 Å². The summed E-state index contributed by atoms with van der Waals surface area (Å²) in [6, 6.07) is 18.3. The fourth-order valence-electron chi connectivity index (χ4n) is 2.03. The van der Waals surface area contributed by atoms with Crippen LogP contribution in [0.25, 0.3) is 0 Å². The van der Waals surface area contributed by atoms with E-state index in [1.807, 2.05) is 30.3 Å². The molecule has 0 bridgehead atoms. The van der Waals surface area contributed by atoms with Crippen molar-refractivity contribution in [1.29, 1.82) is 0 Å². The van der Waals surface area contributed by atoms with Gasteiger partial charge in [-0.1, -0.05) is 42.5 Å². The Labute approximate surface area is 126 Å². The van der Waals surface area contributed by atoms with E-state index in [0.717, 1.165) is 30.8 Å². The predicted octanol–water partition coefficient (Wildman–Crippen LogP) is 3.13. The van der Waals surface area contributed by atoms with E-state index in [-0.39, 0.29) is 6.10 Å². The molecule has 2 aromatic rings. The normalized spacial score (nSPS) is 12.1. The van der Waals surface area contributed by atoms with Crippen LogP contribution in [0.4, 0.5) is 0 Å². The highest BCUT2D eigenvalue weighted by atomic mass is 16.5. The second-order valence-corrected chi connectivity index (χ2v) is 5.24. The summed E-state index contributed by atoms with van der Waals surface area (Å²) < 4.78 is 5.81. The fraction of sp³-hybridized carbons (Fsp3) is 0.333. The molecule has 1 atom stereocenters. The predicted molar refractivity (Wildman–Crippen MR) is 85.2 cm³/mol. The lowest BCUT2D eigenvalue weighted by molar-refractivity contribution is 0.183. The maximum Gasteiger partial charge on any atom is 0.120 e. The summed E-state index contributed by atoms with van der Waals surface area (Å²) in [4.78, 5) is 0. The zero-order valence-electron chi connectivity index (χ0n) is 12.5. The maximum atomic E-state index is 9.21.